The number of likely N-dealkylation sites (tertiary alicyclic amines) is 1. The SMILES string of the molecule is CC(C)(CN)CCCN1C(=O)CCCCC1=O. The summed E-state index contributed by atoms with van der Waals surface area (Å²) in [4.78, 5) is 24.9. The molecule has 0 radical (unpaired) electrons. The van der Waals surface area contributed by atoms with Gasteiger partial charge in [0.1, 0.15) is 0 Å². The minimum Gasteiger partial charge on any atom is -0.330 e. The van der Waals surface area contributed by atoms with Crippen LogP contribution < -0.4 is 5.73 Å². The first-order valence-corrected chi connectivity index (χ1v) is 6.49. The molecule has 1 saturated heterocycles. The van der Waals surface area contributed by atoms with Crippen LogP contribution in [0.25, 0.3) is 0 Å². The van der Waals surface area contributed by atoms with Gasteiger partial charge in [-0.3, -0.25) is 14.5 Å². The van der Waals surface area contributed by atoms with Crippen LogP contribution in [0.4, 0.5) is 0 Å². The minimum atomic E-state index is -0.00180. The molecule has 1 heterocycles. The molecule has 98 valence electrons. The molecule has 0 aromatic carbocycles. The van der Waals surface area contributed by atoms with E-state index in [1.807, 2.05) is 0 Å². The van der Waals surface area contributed by atoms with E-state index < -0.39 is 0 Å². The van der Waals surface area contributed by atoms with Gasteiger partial charge in [0.2, 0.25) is 11.8 Å². The van der Waals surface area contributed by atoms with Crippen LogP contribution in [0.15, 0.2) is 0 Å². The number of imide groups is 1. The van der Waals surface area contributed by atoms with E-state index in [9.17, 15) is 9.59 Å². The van der Waals surface area contributed by atoms with Crippen molar-refractivity contribution >= 4 is 11.8 Å². The van der Waals surface area contributed by atoms with Crippen molar-refractivity contribution < 1.29 is 9.59 Å². The monoisotopic (exact) mass is 240 g/mol. The van der Waals surface area contributed by atoms with E-state index in [4.69, 9.17) is 5.73 Å². The van der Waals surface area contributed by atoms with E-state index in [0.717, 1.165) is 25.7 Å². The Morgan fingerprint density at radius 3 is 2.18 bits per heavy atom. The summed E-state index contributed by atoms with van der Waals surface area (Å²) in [6.07, 6.45) is 4.52. The van der Waals surface area contributed by atoms with E-state index in [0.29, 0.717) is 25.9 Å². The Labute approximate surface area is 104 Å². The summed E-state index contributed by atoms with van der Waals surface area (Å²) < 4.78 is 0. The molecule has 4 nitrogen and oxygen atoms in total. The van der Waals surface area contributed by atoms with Gasteiger partial charge in [0, 0.05) is 19.4 Å². The van der Waals surface area contributed by atoms with Gasteiger partial charge in [0.25, 0.3) is 0 Å². The third-order valence-electron chi connectivity index (χ3n) is 3.42. The van der Waals surface area contributed by atoms with E-state index in [2.05, 4.69) is 13.8 Å². The first-order valence-electron chi connectivity index (χ1n) is 6.49. The molecule has 0 spiro atoms. The smallest absolute Gasteiger partial charge is 0.229 e. The molecular weight excluding hydrogens is 216 g/mol. The standard InChI is InChI=1S/C13H24N2O2/c1-13(2,10-14)8-5-9-15-11(16)6-3-4-7-12(15)17/h3-10,14H2,1-2H3. The topological polar surface area (TPSA) is 63.4 Å². The molecule has 0 aliphatic carbocycles. The van der Waals surface area contributed by atoms with Crippen LogP contribution in [-0.2, 0) is 9.59 Å². The van der Waals surface area contributed by atoms with Crippen molar-refractivity contribution in [3.05, 3.63) is 0 Å². The van der Waals surface area contributed by atoms with E-state index in [1.54, 1.807) is 0 Å². The Balaban J connectivity index is 2.43. The number of nitrogens with zero attached hydrogens (tertiary/aromatic N) is 1. The summed E-state index contributed by atoms with van der Waals surface area (Å²) in [7, 11) is 0. The number of nitrogens with two attached hydrogens (primary N) is 1. The average molecular weight is 240 g/mol. The van der Waals surface area contributed by atoms with Crippen molar-refractivity contribution in [3.8, 4) is 0 Å². The maximum Gasteiger partial charge on any atom is 0.229 e. The van der Waals surface area contributed by atoms with Crippen LogP contribution in [0.3, 0.4) is 0 Å². The quantitative estimate of drug-likeness (QED) is 0.744. The predicted octanol–water partition coefficient (Wildman–Crippen LogP) is 1.68. The highest BCUT2D eigenvalue weighted by molar-refractivity contribution is 5.95. The molecule has 17 heavy (non-hydrogen) atoms. The zero-order valence-electron chi connectivity index (χ0n) is 11.0. The number of hydrogen-bond donors (Lipinski definition) is 1. The molecule has 0 atom stereocenters. The van der Waals surface area contributed by atoms with E-state index in [1.165, 1.54) is 4.90 Å². The normalized spacial score (nSPS) is 18.4. The molecule has 0 saturated carbocycles. The lowest BCUT2D eigenvalue weighted by Gasteiger charge is -2.24. The Kier molecular flexibility index (Phi) is 5.12. The second-order valence-electron chi connectivity index (χ2n) is 5.62. The molecular formula is C13H24N2O2. The maximum atomic E-state index is 11.7. The molecule has 1 fully saturated rings. The minimum absolute atomic E-state index is 0.00180. The van der Waals surface area contributed by atoms with Crippen LogP contribution in [0, 0.1) is 5.41 Å². The first-order chi connectivity index (χ1) is 7.96. The van der Waals surface area contributed by atoms with Crippen LogP contribution >= 0.6 is 0 Å². The second-order valence-corrected chi connectivity index (χ2v) is 5.62. The predicted molar refractivity (Wildman–Crippen MR) is 67.3 cm³/mol. The van der Waals surface area contributed by atoms with Gasteiger partial charge in [-0.15, -0.1) is 0 Å². The van der Waals surface area contributed by atoms with Crippen molar-refractivity contribution in [2.24, 2.45) is 11.1 Å². The lowest BCUT2D eigenvalue weighted by Crippen LogP contribution is -2.36. The summed E-state index contributed by atoms with van der Waals surface area (Å²) in [5, 5.41) is 0. The number of carbonyl (C=O) groups excluding carboxylic acids is 2. The molecule has 1 aliphatic rings. The van der Waals surface area contributed by atoms with Crippen LogP contribution in [0.5, 0.6) is 0 Å². The fraction of sp³-hybridized carbons (Fsp3) is 0.846. The van der Waals surface area contributed by atoms with Crippen molar-refractivity contribution in [1.29, 1.82) is 0 Å². The van der Waals surface area contributed by atoms with Gasteiger partial charge >= 0.3 is 0 Å². The maximum absolute atomic E-state index is 11.7. The van der Waals surface area contributed by atoms with Gasteiger partial charge in [0.15, 0.2) is 0 Å². The summed E-state index contributed by atoms with van der Waals surface area (Å²) in [5.74, 6) is -0.00360. The van der Waals surface area contributed by atoms with Crippen LogP contribution in [0.1, 0.15) is 52.4 Å². The summed E-state index contributed by atoms with van der Waals surface area (Å²) >= 11 is 0. The lowest BCUT2D eigenvalue weighted by atomic mass is 9.88. The summed E-state index contributed by atoms with van der Waals surface area (Å²) in [6.45, 7) is 5.41. The molecule has 0 unspecified atom stereocenters. The Morgan fingerprint density at radius 1 is 1.18 bits per heavy atom. The Bertz CT molecular complexity index is 269. The third-order valence-corrected chi connectivity index (χ3v) is 3.42. The first kappa shape index (κ1) is 14.2. The molecule has 0 aromatic heterocycles. The number of amides is 2. The van der Waals surface area contributed by atoms with Gasteiger partial charge in [0.05, 0.1) is 0 Å². The van der Waals surface area contributed by atoms with Crippen LogP contribution in [-0.4, -0.2) is 29.8 Å². The van der Waals surface area contributed by atoms with E-state index in [-0.39, 0.29) is 17.2 Å². The average Bonchev–Trinajstić information content (AvgIpc) is 2.43. The highest BCUT2D eigenvalue weighted by Crippen LogP contribution is 2.21. The summed E-state index contributed by atoms with van der Waals surface area (Å²) in [6, 6.07) is 0. The second kappa shape index (κ2) is 6.15. The van der Waals surface area contributed by atoms with Gasteiger partial charge in [-0.1, -0.05) is 13.8 Å². The highest BCUT2D eigenvalue weighted by Gasteiger charge is 2.24. The van der Waals surface area contributed by atoms with Gasteiger partial charge in [-0.2, -0.15) is 0 Å². The zero-order chi connectivity index (χ0) is 12.9. The Hall–Kier alpha value is -0.900. The van der Waals surface area contributed by atoms with Crippen LogP contribution in [0.2, 0.25) is 0 Å². The van der Waals surface area contributed by atoms with Gasteiger partial charge < -0.3 is 5.73 Å². The summed E-state index contributed by atoms with van der Waals surface area (Å²) in [5.41, 5.74) is 5.75. The van der Waals surface area contributed by atoms with Gasteiger partial charge in [-0.25, -0.2) is 0 Å². The molecule has 2 amide bonds. The zero-order valence-corrected chi connectivity index (χ0v) is 11.0. The Morgan fingerprint density at radius 2 is 1.71 bits per heavy atom. The van der Waals surface area contributed by atoms with Crippen molar-refractivity contribution in [2.75, 3.05) is 13.1 Å². The number of hydrogen-bond acceptors (Lipinski definition) is 3. The molecule has 0 bridgehead atoms. The number of rotatable bonds is 5. The van der Waals surface area contributed by atoms with Crippen molar-refractivity contribution in [2.45, 2.75) is 52.4 Å². The van der Waals surface area contributed by atoms with Crippen molar-refractivity contribution in [3.63, 3.8) is 0 Å². The van der Waals surface area contributed by atoms with E-state index >= 15 is 0 Å². The largest absolute Gasteiger partial charge is 0.330 e. The van der Waals surface area contributed by atoms with Crippen molar-refractivity contribution in [1.82, 2.24) is 4.90 Å². The molecule has 2 N–H and O–H groups in total. The van der Waals surface area contributed by atoms with Gasteiger partial charge in [-0.05, 0) is 37.6 Å². The molecule has 4 heteroatoms. The third kappa shape index (κ3) is 4.46. The number of carbonyl (C=O) groups is 2. The molecule has 0 aromatic rings. The fourth-order valence-electron chi connectivity index (χ4n) is 2.03. The fourth-order valence-corrected chi connectivity index (χ4v) is 2.03. The highest BCUT2D eigenvalue weighted by atomic mass is 16.2. The lowest BCUT2D eigenvalue weighted by molar-refractivity contribution is -0.143. The molecule has 1 rings (SSSR count). The molecule has 1 aliphatic heterocycles.